The molecule has 1 aromatic rings. The smallest absolute Gasteiger partial charge is 0.361 e. The summed E-state index contributed by atoms with van der Waals surface area (Å²) in [5.41, 5.74) is 6.07. The number of carbonyl (C=O) groups excluding carboxylic acids is 1. The third-order valence-electron chi connectivity index (χ3n) is 2.07. The van der Waals surface area contributed by atoms with Gasteiger partial charge in [0.15, 0.2) is 5.69 Å². The minimum Gasteiger partial charge on any atom is -0.461 e. The third kappa shape index (κ3) is 2.96. The molecule has 6 heteroatoms. The molecule has 0 spiro atoms. The fraction of sp³-hybridized carbons (Fsp3) is 0.600. The summed E-state index contributed by atoms with van der Waals surface area (Å²) >= 11 is 0. The van der Waals surface area contributed by atoms with Gasteiger partial charge in [0.05, 0.1) is 12.3 Å². The lowest BCUT2D eigenvalue weighted by atomic mass is 10.2. The third-order valence-corrected chi connectivity index (χ3v) is 2.07. The highest BCUT2D eigenvalue weighted by atomic mass is 16.5. The molecule has 6 nitrogen and oxygen atoms in total. The first-order chi connectivity index (χ1) is 7.58. The Kier molecular flexibility index (Phi) is 4.30. The molecule has 0 aliphatic carbocycles. The molecule has 0 bridgehead atoms. The minimum absolute atomic E-state index is 0.0640. The Morgan fingerprint density at radius 2 is 2.44 bits per heavy atom. The van der Waals surface area contributed by atoms with Crippen LogP contribution in [0.4, 0.5) is 5.69 Å². The van der Waals surface area contributed by atoms with Crippen molar-refractivity contribution in [2.24, 2.45) is 5.92 Å². The zero-order chi connectivity index (χ0) is 12.1. The van der Waals surface area contributed by atoms with E-state index in [1.54, 1.807) is 17.8 Å². The van der Waals surface area contributed by atoms with Crippen molar-refractivity contribution >= 4 is 11.7 Å². The number of aliphatic hydroxyl groups is 1. The topological polar surface area (TPSA) is 90.4 Å². The van der Waals surface area contributed by atoms with Crippen LogP contribution in [0, 0.1) is 5.92 Å². The molecular formula is C10H17N3O3. The van der Waals surface area contributed by atoms with Gasteiger partial charge in [0.1, 0.15) is 0 Å². The van der Waals surface area contributed by atoms with Crippen LogP contribution in [-0.4, -0.2) is 34.1 Å². The summed E-state index contributed by atoms with van der Waals surface area (Å²) in [6, 6.07) is 0. The van der Waals surface area contributed by atoms with Gasteiger partial charge in [0.2, 0.25) is 0 Å². The Morgan fingerprint density at radius 3 is 3.00 bits per heavy atom. The second-order valence-corrected chi connectivity index (χ2v) is 3.66. The fourth-order valence-electron chi connectivity index (χ4n) is 1.27. The van der Waals surface area contributed by atoms with Crippen LogP contribution >= 0.6 is 0 Å². The monoisotopic (exact) mass is 227 g/mol. The van der Waals surface area contributed by atoms with Gasteiger partial charge in [0.25, 0.3) is 0 Å². The largest absolute Gasteiger partial charge is 0.461 e. The van der Waals surface area contributed by atoms with Gasteiger partial charge in [-0.05, 0) is 12.8 Å². The summed E-state index contributed by atoms with van der Waals surface area (Å²) in [6.07, 6.45) is 1.57. The Balaban J connectivity index is 2.77. The van der Waals surface area contributed by atoms with E-state index in [2.05, 4.69) is 5.10 Å². The Morgan fingerprint density at radius 1 is 1.75 bits per heavy atom. The predicted octanol–water partition coefficient (Wildman–Crippen LogP) is 0.270. The molecular weight excluding hydrogens is 210 g/mol. The van der Waals surface area contributed by atoms with E-state index < -0.39 is 5.97 Å². The van der Waals surface area contributed by atoms with Crippen molar-refractivity contribution in [3.05, 3.63) is 11.9 Å². The highest BCUT2D eigenvalue weighted by Gasteiger charge is 2.16. The molecule has 0 radical (unpaired) electrons. The number of anilines is 1. The van der Waals surface area contributed by atoms with Gasteiger partial charge in [-0.25, -0.2) is 4.79 Å². The van der Waals surface area contributed by atoms with E-state index in [1.807, 2.05) is 6.92 Å². The number of rotatable bonds is 5. The summed E-state index contributed by atoms with van der Waals surface area (Å²) in [6.45, 7) is 4.47. The van der Waals surface area contributed by atoms with E-state index >= 15 is 0 Å². The van der Waals surface area contributed by atoms with Gasteiger partial charge >= 0.3 is 5.97 Å². The lowest BCUT2D eigenvalue weighted by Crippen LogP contribution is -2.13. The van der Waals surface area contributed by atoms with E-state index in [-0.39, 0.29) is 24.8 Å². The fourth-order valence-corrected chi connectivity index (χ4v) is 1.27. The first kappa shape index (κ1) is 12.5. The van der Waals surface area contributed by atoms with Crippen molar-refractivity contribution in [1.29, 1.82) is 0 Å². The number of aromatic nitrogens is 2. The maximum Gasteiger partial charge on any atom is 0.361 e. The zero-order valence-corrected chi connectivity index (χ0v) is 9.51. The predicted molar refractivity (Wildman–Crippen MR) is 58.8 cm³/mol. The van der Waals surface area contributed by atoms with Crippen molar-refractivity contribution in [3.8, 4) is 0 Å². The number of esters is 1. The number of nitrogen functional groups attached to an aromatic ring is 1. The van der Waals surface area contributed by atoms with E-state index in [1.165, 1.54) is 0 Å². The van der Waals surface area contributed by atoms with E-state index in [0.717, 1.165) is 0 Å². The Bertz CT molecular complexity index is 362. The van der Waals surface area contributed by atoms with Crippen LogP contribution in [0.2, 0.25) is 0 Å². The highest BCUT2D eigenvalue weighted by Crippen LogP contribution is 2.11. The molecule has 0 amide bonds. The van der Waals surface area contributed by atoms with Gasteiger partial charge in [-0.1, -0.05) is 6.92 Å². The average Bonchev–Trinajstić information content (AvgIpc) is 2.59. The molecule has 0 aliphatic rings. The molecule has 0 fully saturated rings. The minimum atomic E-state index is -0.518. The Hall–Kier alpha value is -1.56. The van der Waals surface area contributed by atoms with Gasteiger partial charge < -0.3 is 15.6 Å². The van der Waals surface area contributed by atoms with Crippen LogP contribution in [0.1, 0.15) is 24.3 Å². The second-order valence-electron chi connectivity index (χ2n) is 3.66. The standard InChI is InChI=1S/C10H17N3O3/c1-3-16-10(15)9-8(11)5-13(12-9)4-7(2)6-14/h5,7,14H,3-4,6,11H2,1-2H3. The second kappa shape index (κ2) is 5.50. The van der Waals surface area contributed by atoms with Crippen molar-refractivity contribution in [2.75, 3.05) is 18.9 Å². The molecule has 1 aromatic heterocycles. The van der Waals surface area contributed by atoms with Crippen molar-refractivity contribution in [2.45, 2.75) is 20.4 Å². The molecule has 0 aromatic carbocycles. The average molecular weight is 227 g/mol. The summed E-state index contributed by atoms with van der Waals surface area (Å²) < 4.78 is 6.35. The molecule has 3 N–H and O–H groups in total. The molecule has 1 heterocycles. The highest BCUT2D eigenvalue weighted by molar-refractivity contribution is 5.92. The number of aliphatic hydroxyl groups excluding tert-OH is 1. The van der Waals surface area contributed by atoms with Gasteiger partial charge in [-0.15, -0.1) is 0 Å². The normalized spacial score (nSPS) is 12.4. The van der Waals surface area contributed by atoms with Gasteiger partial charge in [0, 0.05) is 19.3 Å². The summed E-state index contributed by atoms with van der Waals surface area (Å²) in [4.78, 5) is 11.4. The first-order valence-electron chi connectivity index (χ1n) is 5.19. The molecule has 16 heavy (non-hydrogen) atoms. The van der Waals surface area contributed by atoms with E-state index in [4.69, 9.17) is 15.6 Å². The van der Waals surface area contributed by atoms with Crippen LogP contribution in [0.25, 0.3) is 0 Å². The lowest BCUT2D eigenvalue weighted by Gasteiger charge is -2.06. The van der Waals surface area contributed by atoms with Crippen molar-refractivity contribution in [1.82, 2.24) is 9.78 Å². The van der Waals surface area contributed by atoms with Crippen LogP contribution in [0.3, 0.4) is 0 Å². The lowest BCUT2D eigenvalue weighted by molar-refractivity contribution is 0.0519. The van der Waals surface area contributed by atoms with Crippen LogP contribution in [-0.2, 0) is 11.3 Å². The van der Waals surface area contributed by atoms with Crippen LogP contribution in [0.5, 0.6) is 0 Å². The van der Waals surface area contributed by atoms with E-state index in [0.29, 0.717) is 12.2 Å². The molecule has 1 unspecified atom stereocenters. The molecule has 1 rings (SSSR count). The number of nitrogens with zero attached hydrogens (tertiary/aromatic N) is 2. The van der Waals surface area contributed by atoms with Crippen molar-refractivity contribution < 1.29 is 14.6 Å². The summed E-state index contributed by atoms with van der Waals surface area (Å²) in [7, 11) is 0. The first-order valence-corrected chi connectivity index (χ1v) is 5.19. The van der Waals surface area contributed by atoms with E-state index in [9.17, 15) is 4.79 Å². The van der Waals surface area contributed by atoms with Crippen molar-refractivity contribution in [3.63, 3.8) is 0 Å². The molecule has 90 valence electrons. The van der Waals surface area contributed by atoms with Gasteiger partial charge in [-0.2, -0.15) is 5.10 Å². The molecule has 0 saturated carbocycles. The maximum atomic E-state index is 11.4. The van der Waals surface area contributed by atoms with Crippen LogP contribution < -0.4 is 5.73 Å². The maximum absolute atomic E-state index is 11.4. The summed E-state index contributed by atoms with van der Waals surface area (Å²) in [5, 5.41) is 12.9. The van der Waals surface area contributed by atoms with Crippen LogP contribution in [0.15, 0.2) is 6.20 Å². The summed E-state index contributed by atoms with van der Waals surface area (Å²) in [5.74, 6) is -0.454. The number of carbonyl (C=O) groups is 1. The number of hydrogen-bond donors (Lipinski definition) is 2. The number of nitrogens with two attached hydrogens (primary N) is 1. The number of ether oxygens (including phenoxy) is 1. The molecule has 1 atom stereocenters. The molecule has 0 aliphatic heterocycles. The van der Waals surface area contributed by atoms with Gasteiger partial charge in [-0.3, -0.25) is 4.68 Å². The number of hydrogen-bond acceptors (Lipinski definition) is 5. The SMILES string of the molecule is CCOC(=O)c1nn(CC(C)CO)cc1N. The molecule has 0 saturated heterocycles. The Labute approximate surface area is 94.0 Å². The quantitative estimate of drug-likeness (QED) is 0.705. The zero-order valence-electron chi connectivity index (χ0n) is 9.51.